The number of nitrogens with zero attached hydrogens (tertiary/aromatic N) is 3. The molecule has 0 atom stereocenters. The van der Waals surface area contributed by atoms with E-state index in [1.54, 1.807) is 47.0 Å². The van der Waals surface area contributed by atoms with Crippen LogP contribution >= 0.6 is 11.6 Å². The van der Waals surface area contributed by atoms with Gasteiger partial charge in [0.2, 0.25) is 5.95 Å². The largest absolute Gasteiger partial charge is 0.495 e. The van der Waals surface area contributed by atoms with E-state index < -0.39 is 15.1 Å². The third-order valence-corrected chi connectivity index (χ3v) is 9.10. The topological polar surface area (TPSA) is 96.5 Å². The molecular weight excluding hydrogens is 510 g/mol. The summed E-state index contributed by atoms with van der Waals surface area (Å²) >= 11 is 6.38. The number of hydrogen-bond acceptors (Lipinski definition) is 8. The van der Waals surface area contributed by atoms with Gasteiger partial charge in [0.25, 0.3) is 0 Å². The lowest BCUT2D eigenvalue weighted by molar-refractivity contribution is 0.203. The minimum Gasteiger partial charge on any atom is -0.495 e. The number of rotatable bonds is 9. The Hall–Kier alpha value is -2.62. The molecule has 0 saturated heterocycles. The van der Waals surface area contributed by atoms with E-state index in [0.29, 0.717) is 23.2 Å². The van der Waals surface area contributed by atoms with Crippen LogP contribution in [-0.4, -0.2) is 48.7 Å². The van der Waals surface area contributed by atoms with Crippen LogP contribution in [0, 0.1) is 0 Å². The molecule has 0 aliphatic carbocycles. The molecule has 202 valence electrons. The van der Waals surface area contributed by atoms with E-state index in [1.807, 2.05) is 0 Å². The number of halogens is 1. The average molecular weight is 548 g/mol. The maximum Gasteiger partial charge on any atom is 0.229 e. The van der Waals surface area contributed by atoms with Gasteiger partial charge in [-0.3, -0.25) is 4.90 Å². The van der Waals surface area contributed by atoms with Gasteiger partial charge in [-0.2, -0.15) is 4.98 Å². The van der Waals surface area contributed by atoms with Crippen molar-refractivity contribution in [2.45, 2.75) is 65.7 Å². The number of ether oxygens (including phenoxy) is 1. The number of allylic oxidation sites excluding steroid dienone is 3. The summed E-state index contributed by atoms with van der Waals surface area (Å²) in [5, 5.41) is 6.04. The first kappa shape index (κ1) is 28.9. The number of benzene rings is 1. The first-order valence-corrected chi connectivity index (χ1v) is 14.3. The summed E-state index contributed by atoms with van der Waals surface area (Å²) < 4.78 is 31.5. The lowest BCUT2D eigenvalue weighted by atomic mass is 9.78. The van der Waals surface area contributed by atoms with Gasteiger partial charge in [-0.05, 0) is 63.6 Å². The molecule has 10 heteroatoms. The van der Waals surface area contributed by atoms with Crippen LogP contribution in [-0.2, 0) is 21.8 Å². The summed E-state index contributed by atoms with van der Waals surface area (Å²) in [6.45, 7) is 16.2. The standard InChI is InChI=1S/C27H38ClN5O3S/c1-9-11-24(37(34,35)17(3)4)18(5)30-25-21(28)14-29-26(32-25)31-22-12-19-15-33(10-2)16-27(6,7)20(19)13-23(22)36-8/h9,11-14,17H,10,15-16H2,1-8H3,(H2,29,30,31,32)/b11-9-,24-18-. The summed E-state index contributed by atoms with van der Waals surface area (Å²) in [5.41, 5.74) is 3.65. The Morgan fingerprint density at radius 3 is 2.62 bits per heavy atom. The molecule has 1 aromatic carbocycles. The molecule has 0 spiro atoms. The van der Waals surface area contributed by atoms with Crippen molar-refractivity contribution in [2.75, 3.05) is 30.8 Å². The molecule has 0 unspecified atom stereocenters. The number of nitrogens with one attached hydrogen (secondary N) is 2. The van der Waals surface area contributed by atoms with Gasteiger partial charge in [-0.1, -0.05) is 38.4 Å². The minimum atomic E-state index is -3.52. The van der Waals surface area contributed by atoms with E-state index in [0.717, 1.165) is 25.3 Å². The van der Waals surface area contributed by atoms with E-state index in [2.05, 4.69) is 58.4 Å². The molecule has 0 fully saturated rings. The minimum absolute atomic E-state index is 0.00586. The third-order valence-electron chi connectivity index (χ3n) is 6.53. The van der Waals surface area contributed by atoms with Crippen molar-refractivity contribution >= 4 is 38.9 Å². The fourth-order valence-corrected chi connectivity index (χ4v) is 5.98. The van der Waals surface area contributed by atoms with Gasteiger partial charge < -0.3 is 15.4 Å². The molecule has 1 aromatic heterocycles. The second-order valence-electron chi connectivity index (χ2n) is 10.1. The Bertz CT molecular complexity index is 1320. The van der Waals surface area contributed by atoms with E-state index in [-0.39, 0.29) is 15.3 Å². The van der Waals surface area contributed by atoms with E-state index in [4.69, 9.17) is 16.3 Å². The molecule has 3 rings (SSSR count). The summed E-state index contributed by atoms with van der Waals surface area (Å²) in [4.78, 5) is 11.5. The van der Waals surface area contributed by atoms with Gasteiger partial charge in [0.05, 0.1) is 29.1 Å². The predicted molar refractivity (Wildman–Crippen MR) is 152 cm³/mol. The first-order chi connectivity index (χ1) is 17.3. The normalized spacial score (nSPS) is 16.5. The highest BCUT2D eigenvalue weighted by molar-refractivity contribution is 7.96. The Morgan fingerprint density at radius 2 is 2.03 bits per heavy atom. The molecule has 37 heavy (non-hydrogen) atoms. The number of hydrogen-bond donors (Lipinski definition) is 2. The second-order valence-corrected chi connectivity index (χ2v) is 13.0. The van der Waals surface area contributed by atoms with Crippen molar-refractivity contribution in [1.29, 1.82) is 0 Å². The van der Waals surface area contributed by atoms with Crippen molar-refractivity contribution in [3.05, 3.63) is 57.2 Å². The zero-order valence-electron chi connectivity index (χ0n) is 22.9. The summed E-state index contributed by atoms with van der Waals surface area (Å²) in [5.74, 6) is 1.30. The maximum absolute atomic E-state index is 12.9. The van der Waals surface area contributed by atoms with Crippen molar-refractivity contribution in [3.8, 4) is 5.75 Å². The molecule has 1 aliphatic heterocycles. The van der Waals surface area contributed by atoms with Crippen LogP contribution in [0.25, 0.3) is 0 Å². The Kier molecular flexibility index (Phi) is 8.93. The molecule has 0 bridgehead atoms. The SMILES string of the molecule is C/C=C\C(=C(/C)Nc1nc(Nc2cc3c(cc2OC)C(C)(C)CN(CC)C3)ncc1Cl)S(=O)(=O)C(C)C. The molecule has 0 radical (unpaired) electrons. The zero-order chi connectivity index (χ0) is 27.5. The number of likely N-dealkylation sites (N-methyl/N-ethyl adjacent to an activating group) is 1. The van der Waals surface area contributed by atoms with Gasteiger partial charge >= 0.3 is 0 Å². The molecule has 1 aliphatic rings. The van der Waals surface area contributed by atoms with Crippen LogP contribution in [0.2, 0.25) is 5.02 Å². The fourth-order valence-electron chi connectivity index (χ4n) is 4.53. The highest BCUT2D eigenvalue weighted by Gasteiger charge is 2.32. The first-order valence-electron chi connectivity index (χ1n) is 12.4. The lowest BCUT2D eigenvalue weighted by Crippen LogP contribution is -2.41. The smallest absolute Gasteiger partial charge is 0.229 e. The summed E-state index contributed by atoms with van der Waals surface area (Å²) in [6.07, 6.45) is 4.74. The van der Waals surface area contributed by atoms with Crippen molar-refractivity contribution in [2.24, 2.45) is 0 Å². The molecule has 8 nitrogen and oxygen atoms in total. The molecular formula is C27H38ClN5O3S. The lowest BCUT2D eigenvalue weighted by Gasteiger charge is -2.40. The zero-order valence-corrected chi connectivity index (χ0v) is 24.5. The fraction of sp³-hybridized carbons (Fsp3) is 0.481. The molecule has 0 amide bonds. The average Bonchev–Trinajstić information content (AvgIpc) is 2.83. The van der Waals surface area contributed by atoms with Crippen molar-refractivity contribution in [3.63, 3.8) is 0 Å². The predicted octanol–water partition coefficient (Wildman–Crippen LogP) is 6.04. The number of fused-ring (bicyclic) bond motifs is 1. The molecule has 0 saturated carbocycles. The van der Waals surface area contributed by atoms with E-state index >= 15 is 0 Å². The maximum atomic E-state index is 12.9. The molecule has 2 heterocycles. The number of sulfone groups is 1. The summed E-state index contributed by atoms with van der Waals surface area (Å²) in [6, 6.07) is 4.18. The highest BCUT2D eigenvalue weighted by atomic mass is 35.5. The van der Waals surface area contributed by atoms with Crippen molar-refractivity contribution < 1.29 is 13.2 Å². The van der Waals surface area contributed by atoms with Crippen LogP contribution in [0.5, 0.6) is 5.75 Å². The Morgan fingerprint density at radius 1 is 1.32 bits per heavy atom. The second kappa shape index (κ2) is 11.4. The van der Waals surface area contributed by atoms with Gasteiger partial charge in [-0.15, -0.1) is 0 Å². The van der Waals surface area contributed by atoms with Gasteiger partial charge in [0.15, 0.2) is 15.7 Å². The van der Waals surface area contributed by atoms with Gasteiger partial charge in [-0.25, -0.2) is 13.4 Å². The Balaban J connectivity index is 1.99. The van der Waals surface area contributed by atoms with Crippen LogP contribution in [0.4, 0.5) is 17.5 Å². The monoisotopic (exact) mass is 547 g/mol. The molecule has 2 aromatic rings. The van der Waals surface area contributed by atoms with Crippen molar-refractivity contribution in [1.82, 2.24) is 14.9 Å². The number of methoxy groups -OCH3 is 1. The third kappa shape index (κ3) is 6.27. The number of anilines is 3. The van der Waals surface area contributed by atoms with Gasteiger partial charge in [0.1, 0.15) is 10.8 Å². The van der Waals surface area contributed by atoms with Gasteiger partial charge in [0, 0.05) is 24.2 Å². The van der Waals surface area contributed by atoms with E-state index in [1.165, 1.54) is 17.3 Å². The summed E-state index contributed by atoms with van der Waals surface area (Å²) in [7, 11) is -1.88. The van der Waals surface area contributed by atoms with Crippen LogP contribution < -0.4 is 15.4 Å². The Labute approximate surface area is 226 Å². The number of aromatic nitrogens is 2. The molecule has 2 N–H and O–H groups in total. The van der Waals surface area contributed by atoms with Crippen LogP contribution in [0.1, 0.15) is 59.6 Å². The van der Waals surface area contributed by atoms with E-state index in [9.17, 15) is 8.42 Å². The van der Waals surface area contributed by atoms with Crippen LogP contribution in [0.3, 0.4) is 0 Å². The quantitative estimate of drug-likeness (QED) is 0.367. The van der Waals surface area contributed by atoms with Crippen LogP contribution in [0.15, 0.2) is 41.1 Å². The highest BCUT2D eigenvalue weighted by Crippen LogP contribution is 2.40.